The number of nitro groups is 1. The van der Waals surface area contributed by atoms with E-state index in [0.717, 1.165) is 11.0 Å². The summed E-state index contributed by atoms with van der Waals surface area (Å²) in [6.45, 7) is -1.78. The van der Waals surface area contributed by atoms with Crippen molar-refractivity contribution < 1.29 is 32.8 Å². The normalized spacial score (nSPS) is 20.4. The first-order valence-electron chi connectivity index (χ1n) is 7.13. The zero-order chi connectivity index (χ0) is 18.8. The predicted molar refractivity (Wildman–Crippen MR) is 77.6 cm³/mol. The highest BCUT2D eigenvalue weighted by atomic mass is 19.4. The predicted octanol–water partition coefficient (Wildman–Crippen LogP) is 0.850. The van der Waals surface area contributed by atoms with Crippen molar-refractivity contribution in [1.29, 1.82) is 0 Å². The molecule has 1 heterocycles. The van der Waals surface area contributed by atoms with Gasteiger partial charge in [0.25, 0.3) is 11.6 Å². The molecule has 25 heavy (non-hydrogen) atoms. The number of nitrogens with zero attached hydrogens (tertiary/aromatic N) is 2. The Hall–Kier alpha value is -2.69. The fraction of sp³-hybridized carbons (Fsp3) is 0.429. The van der Waals surface area contributed by atoms with Crippen LogP contribution >= 0.6 is 0 Å². The van der Waals surface area contributed by atoms with Crippen LogP contribution in [0.1, 0.15) is 16.8 Å². The van der Waals surface area contributed by atoms with Crippen molar-refractivity contribution in [2.75, 3.05) is 19.6 Å². The van der Waals surface area contributed by atoms with E-state index < -0.39 is 48.0 Å². The van der Waals surface area contributed by atoms with Gasteiger partial charge in [0.1, 0.15) is 0 Å². The molecule has 1 aromatic rings. The first-order chi connectivity index (χ1) is 11.5. The lowest BCUT2D eigenvalue weighted by atomic mass is 10.0. The van der Waals surface area contributed by atoms with E-state index in [-0.39, 0.29) is 17.8 Å². The molecule has 1 atom stereocenters. The summed E-state index contributed by atoms with van der Waals surface area (Å²) in [5.41, 5.74) is -3.32. The summed E-state index contributed by atoms with van der Waals surface area (Å²) in [6.07, 6.45) is -5.49. The molecule has 1 fully saturated rings. The maximum atomic E-state index is 12.7. The van der Waals surface area contributed by atoms with Crippen LogP contribution in [0.25, 0.3) is 0 Å². The van der Waals surface area contributed by atoms with Crippen molar-refractivity contribution in [1.82, 2.24) is 10.2 Å². The molecule has 2 N–H and O–H groups in total. The highest BCUT2D eigenvalue weighted by Gasteiger charge is 2.57. The third kappa shape index (κ3) is 4.05. The maximum Gasteiger partial charge on any atom is 0.419 e. The van der Waals surface area contributed by atoms with Crippen LogP contribution in [-0.2, 0) is 4.79 Å². The average Bonchev–Trinajstić information content (AvgIpc) is 2.96. The van der Waals surface area contributed by atoms with Gasteiger partial charge in [-0.1, -0.05) is 6.07 Å². The van der Waals surface area contributed by atoms with E-state index in [1.807, 2.05) is 0 Å². The Morgan fingerprint density at radius 2 is 2.08 bits per heavy atom. The molecule has 1 aliphatic rings. The Kier molecular flexibility index (Phi) is 4.97. The van der Waals surface area contributed by atoms with Gasteiger partial charge in [0.2, 0.25) is 5.91 Å². The fourth-order valence-electron chi connectivity index (χ4n) is 2.37. The topological polar surface area (TPSA) is 113 Å². The van der Waals surface area contributed by atoms with Crippen molar-refractivity contribution in [2.24, 2.45) is 0 Å². The lowest BCUT2D eigenvalue weighted by molar-refractivity contribution is -0.384. The van der Waals surface area contributed by atoms with Crippen molar-refractivity contribution in [3.05, 3.63) is 39.9 Å². The molecule has 0 radical (unpaired) electrons. The van der Waals surface area contributed by atoms with Crippen molar-refractivity contribution in [3.63, 3.8) is 0 Å². The largest absolute Gasteiger partial charge is 0.419 e. The highest BCUT2D eigenvalue weighted by Crippen LogP contribution is 2.37. The van der Waals surface area contributed by atoms with Crippen LogP contribution < -0.4 is 5.32 Å². The van der Waals surface area contributed by atoms with Gasteiger partial charge in [-0.25, -0.2) is 0 Å². The van der Waals surface area contributed by atoms with Gasteiger partial charge in [0.05, 0.1) is 18.0 Å². The Morgan fingerprint density at radius 1 is 1.40 bits per heavy atom. The summed E-state index contributed by atoms with van der Waals surface area (Å²) >= 11 is 0. The van der Waals surface area contributed by atoms with Crippen LogP contribution in [0.2, 0.25) is 0 Å². The van der Waals surface area contributed by atoms with E-state index >= 15 is 0 Å². The highest BCUT2D eigenvalue weighted by molar-refractivity contribution is 5.97. The first-order valence-corrected chi connectivity index (χ1v) is 7.13. The molecule has 1 saturated heterocycles. The van der Waals surface area contributed by atoms with E-state index in [0.29, 0.717) is 0 Å². The third-order valence-electron chi connectivity index (χ3n) is 3.85. The molecular weight excluding hydrogens is 347 g/mol. The van der Waals surface area contributed by atoms with Gasteiger partial charge in [-0.15, -0.1) is 0 Å². The number of carbonyl (C=O) groups excluding carboxylic acids is 2. The number of non-ortho nitro benzene ring substituents is 1. The number of benzene rings is 1. The number of likely N-dealkylation sites (tertiary alicyclic amines) is 1. The Labute approximate surface area is 139 Å². The van der Waals surface area contributed by atoms with E-state index in [1.54, 1.807) is 0 Å². The molecule has 0 bridgehead atoms. The van der Waals surface area contributed by atoms with Gasteiger partial charge in [0, 0.05) is 30.7 Å². The number of nitro benzene ring substituents is 1. The van der Waals surface area contributed by atoms with Crippen LogP contribution in [0.5, 0.6) is 0 Å². The number of hydrogen-bond acceptors (Lipinski definition) is 5. The lowest BCUT2D eigenvalue weighted by Crippen LogP contribution is -2.49. The third-order valence-corrected chi connectivity index (χ3v) is 3.85. The van der Waals surface area contributed by atoms with Gasteiger partial charge < -0.3 is 15.3 Å². The summed E-state index contributed by atoms with van der Waals surface area (Å²) in [5, 5.41) is 22.4. The smallest absolute Gasteiger partial charge is 0.379 e. The zero-order valence-electron chi connectivity index (χ0n) is 12.7. The summed E-state index contributed by atoms with van der Waals surface area (Å²) in [7, 11) is 0. The zero-order valence-corrected chi connectivity index (χ0v) is 12.7. The molecular formula is C14H14F3N3O5. The van der Waals surface area contributed by atoms with Crippen LogP contribution in [0.3, 0.4) is 0 Å². The molecule has 2 rings (SSSR count). The van der Waals surface area contributed by atoms with Crippen LogP contribution in [-0.4, -0.2) is 58.2 Å². The standard InChI is InChI=1S/C14H14F3N3O5/c15-14(16,17)13(23)4-5-19(8-13)11(21)7-18-12(22)9-2-1-3-10(6-9)20(24)25/h1-3,6,23H,4-5,7-8H2,(H,18,22)/t13-/m1/s1. The number of carbonyl (C=O) groups is 2. The molecule has 1 aromatic carbocycles. The van der Waals surface area contributed by atoms with E-state index in [2.05, 4.69) is 5.32 Å². The molecule has 1 aliphatic heterocycles. The molecule has 8 nitrogen and oxygen atoms in total. The molecule has 0 spiro atoms. The van der Waals surface area contributed by atoms with Gasteiger partial charge in [-0.3, -0.25) is 19.7 Å². The van der Waals surface area contributed by atoms with Crippen molar-refractivity contribution in [3.8, 4) is 0 Å². The monoisotopic (exact) mass is 361 g/mol. The molecule has 11 heteroatoms. The van der Waals surface area contributed by atoms with Gasteiger partial charge in [0.15, 0.2) is 5.60 Å². The molecule has 0 saturated carbocycles. The number of hydrogen-bond donors (Lipinski definition) is 2. The Bertz CT molecular complexity index is 709. The van der Waals surface area contributed by atoms with Crippen LogP contribution in [0.4, 0.5) is 18.9 Å². The lowest BCUT2D eigenvalue weighted by Gasteiger charge is -2.25. The van der Waals surface area contributed by atoms with Crippen molar-refractivity contribution >= 4 is 17.5 Å². The SMILES string of the molecule is O=C(NCC(=O)N1CC[C@](O)(C(F)(F)F)C1)c1cccc([N+](=O)[O-])c1. The van der Waals surface area contributed by atoms with Gasteiger partial charge >= 0.3 is 6.18 Å². The van der Waals surface area contributed by atoms with Crippen molar-refractivity contribution in [2.45, 2.75) is 18.2 Å². The maximum absolute atomic E-state index is 12.7. The number of nitrogens with one attached hydrogen (secondary N) is 1. The van der Waals surface area contributed by atoms with E-state index in [1.165, 1.54) is 18.2 Å². The summed E-state index contributed by atoms with van der Waals surface area (Å²) in [4.78, 5) is 34.6. The number of β-amino-alcohol motifs (C(OH)–C–C–N with tert-alkyl or cyclic N) is 1. The number of aliphatic hydroxyl groups is 1. The van der Waals surface area contributed by atoms with Gasteiger partial charge in [-0.2, -0.15) is 13.2 Å². The second-order valence-electron chi connectivity index (χ2n) is 5.58. The minimum Gasteiger partial charge on any atom is -0.379 e. The summed E-state index contributed by atoms with van der Waals surface area (Å²) in [5.74, 6) is -1.57. The second-order valence-corrected chi connectivity index (χ2v) is 5.58. The van der Waals surface area contributed by atoms with Gasteiger partial charge in [-0.05, 0) is 6.07 Å². The minimum atomic E-state index is -4.85. The number of alkyl halides is 3. The summed E-state index contributed by atoms with van der Waals surface area (Å²) < 4.78 is 38.1. The van der Waals surface area contributed by atoms with E-state index in [9.17, 15) is 38.0 Å². The molecule has 136 valence electrons. The minimum absolute atomic E-state index is 0.0600. The Balaban J connectivity index is 1.93. The molecule has 2 amide bonds. The van der Waals surface area contributed by atoms with Crippen LogP contribution in [0, 0.1) is 10.1 Å². The molecule has 0 aromatic heterocycles. The average molecular weight is 361 g/mol. The first kappa shape index (κ1) is 18.6. The quantitative estimate of drug-likeness (QED) is 0.610. The Morgan fingerprint density at radius 3 is 2.64 bits per heavy atom. The van der Waals surface area contributed by atoms with Crippen LogP contribution in [0.15, 0.2) is 24.3 Å². The number of amides is 2. The summed E-state index contributed by atoms with van der Waals surface area (Å²) in [6, 6.07) is 4.78. The van der Waals surface area contributed by atoms with E-state index in [4.69, 9.17) is 0 Å². The molecule has 0 unspecified atom stereocenters. The number of halogens is 3. The number of rotatable bonds is 4. The fourth-order valence-corrected chi connectivity index (χ4v) is 2.37. The second kappa shape index (κ2) is 6.67. The molecule has 0 aliphatic carbocycles.